The van der Waals surface area contributed by atoms with Gasteiger partial charge in [0.1, 0.15) is 34.2 Å². The third-order valence-electron chi connectivity index (χ3n) is 6.65. The van der Waals surface area contributed by atoms with Crippen LogP contribution in [0.5, 0.6) is 11.5 Å². The van der Waals surface area contributed by atoms with Crippen LogP contribution in [0.1, 0.15) is 59.3 Å². The fraction of sp³-hybridized carbons (Fsp3) is 0.429. The molecule has 2 aromatic rings. The summed E-state index contributed by atoms with van der Waals surface area (Å²) in [5.41, 5.74) is -0.277. The summed E-state index contributed by atoms with van der Waals surface area (Å²) in [6, 6.07) is 6.13. The van der Waals surface area contributed by atoms with Crippen LogP contribution in [0.15, 0.2) is 36.4 Å². The molecule has 1 aliphatic rings. The normalized spacial score (nSPS) is 16.5. The van der Waals surface area contributed by atoms with Gasteiger partial charge in [0.2, 0.25) is 21.8 Å². The van der Waals surface area contributed by atoms with Crippen LogP contribution in [-0.4, -0.2) is 69.4 Å². The second-order valence-electron chi connectivity index (χ2n) is 10.1. The molecule has 12 nitrogen and oxygen atoms in total. The zero-order chi connectivity index (χ0) is 32.7. The number of methoxy groups -OCH3 is 1. The van der Waals surface area contributed by atoms with E-state index in [-0.39, 0.29) is 47.8 Å². The number of carbonyl (C=O) groups is 4. The Morgan fingerprint density at radius 2 is 1.89 bits per heavy atom. The van der Waals surface area contributed by atoms with Gasteiger partial charge in [0.05, 0.1) is 20.1 Å². The molecule has 1 heterocycles. The molecule has 44 heavy (non-hydrogen) atoms. The first-order valence-electron chi connectivity index (χ1n) is 13.5. The molecule has 0 aromatic heterocycles. The summed E-state index contributed by atoms with van der Waals surface area (Å²) in [6.07, 6.45) is 0.583. The van der Waals surface area contributed by atoms with Gasteiger partial charge in [-0.15, -0.1) is 0 Å². The number of esters is 1. The van der Waals surface area contributed by atoms with Crippen molar-refractivity contribution in [1.82, 2.24) is 15.4 Å². The molecule has 0 radical (unpaired) electrons. The summed E-state index contributed by atoms with van der Waals surface area (Å²) in [5, 5.41) is 13.0. The van der Waals surface area contributed by atoms with Gasteiger partial charge in [0.15, 0.2) is 0 Å². The van der Waals surface area contributed by atoms with Crippen LogP contribution in [0.4, 0.5) is 13.2 Å². The van der Waals surface area contributed by atoms with Crippen LogP contribution in [0.2, 0.25) is 0 Å². The summed E-state index contributed by atoms with van der Waals surface area (Å²) in [4.78, 5) is 48.2. The van der Waals surface area contributed by atoms with Gasteiger partial charge in [-0.1, -0.05) is 18.2 Å². The standard InChI is InChI=1S/C28H32F3N3O9S/c1-28(30,31)27(39)33-19(14-16-9-10-17(18(29)13-16)22-15-23(36)34-44(22,40)41)25(37)32-11-4-3-5-12-43-21-8-6-7-20(35)24(21)26(38)42-2/h6-10,13,19,22,35H,3-5,11-12,14-15H2,1-2H3,(H,32,37)(H,33,39)(H,34,36)/t19-,22?/m0/s1. The summed E-state index contributed by atoms with van der Waals surface area (Å²) in [7, 11) is -2.95. The highest BCUT2D eigenvalue weighted by molar-refractivity contribution is 7.90. The van der Waals surface area contributed by atoms with E-state index < -0.39 is 63.2 Å². The molecule has 1 saturated heterocycles. The van der Waals surface area contributed by atoms with E-state index in [1.54, 1.807) is 4.72 Å². The first-order valence-corrected chi connectivity index (χ1v) is 15.0. The van der Waals surface area contributed by atoms with E-state index in [0.717, 1.165) is 19.2 Å². The Kier molecular flexibility index (Phi) is 11.2. The zero-order valence-electron chi connectivity index (χ0n) is 23.8. The van der Waals surface area contributed by atoms with Gasteiger partial charge in [-0.25, -0.2) is 17.6 Å². The number of nitrogens with one attached hydrogen (secondary N) is 3. The molecule has 240 valence electrons. The maximum atomic E-state index is 14.9. The summed E-state index contributed by atoms with van der Waals surface area (Å²) in [6.45, 7) is 0.622. The first-order chi connectivity index (χ1) is 20.6. The van der Waals surface area contributed by atoms with E-state index >= 15 is 0 Å². The van der Waals surface area contributed by atoms with Gasteiger partial charge < -0.3 is 25.2 Å². The number of amides is 3. The second kappa shape index (κ2) is 14.4. The molecule has 3 amide bonds. The summed E-state index contributed by atoms with van der Waals surface area (Å²) in [5.74, 6) is -9.01. The molecule has 16 heteroatoms. The second-order valence-corrected chi connectivity index (χ2v) is 11.9. The number of ether oxygens (including phenoxy) is 2. The Hall–Kier alpha value is -4.34. The van der Waals surface area contributed by atoms with Crippen LogP contribution >= 0.6 is 0 Å². The number of alkyl halides is 2. The summed E-state index contributed by atoms with van der Waals surface area (Å²) < 4.78 is 78.2. The highest BCUT2D eigenvalue weighted by Crippen LogP contribution is 2.32. The molecule has 1 unspecified atom stereocenters. The molecule has 0 bridgehead atoms. The van der Waals surface area contributed by atoms with Gasteiger partial charge in [0, 0.05) is 25.5 Å². The Morgan fingerprint density at radius 3 is 2.50 bits per heavy atom. The van der Waals surface area contributed by atoms with Crippen molar-refractivity contribution in [3.63, 3.8) is 0 Å². The van der Waals surface area contributed by atoms with Gasteiger partial charge in [-0.3, -0.25) is 19.1 Å². The Bertz CT molecular complexity index is 1510. The topological polar surface area (TPSA) is 177 Å². The van der Waals surface area contributed by atoms with Crippen molar-refractivity contribution in [3.8, 4) is 11.5 Å². The molecule has 0 aliphatic carbocycles. The number of carbonyl (C=O) groups excluding carboxylic acids is 4. The van der Waals surface area contributed by atoms with Gasteiger partial charge in [-0.05, 0) is 43.0 Å². The van der Waals surface area contributed by atoms with Crippen LogP contribution in [0, 0.1) is 5.82 Å². The SMILES string of the molecule is COC(=O)c1c(O)cccc1OCCCCCNC(=O)[C@H](Cc1ccc(C2CC(=O)NS2(=O)=O)c(F)c1)NC(=O)C(C)(F)F. The van der Waals surface area contributed by atoms with Crippen molar-refractivity contribution in [3.05, 3.63) is 58.9 Å². The predicted molar refractivity (Wildman–Crippen MR) is 149 cm³/mol. The highest BCUT2D eigenvalue weighted by atomic mass is 32.2. The number of phenols is 1. The quantitative estimate of drug-likeness (QED) is 0.178. The minimum Gasteiger partial charge on any atom is -0.507 e. The Morgan fingerprint density at radius 1 is 1.16 bits per heavy atom. The number of rotatable bonds is 14. The minimum atomic E-state index is -4.12. The minimum absolute atomic E-state index is 0.0983. The van der Waals surface area contributed by atoms with Gasteiger partial charge >= 0.3 is 11.9 Å². The lowest BCUT2D eigenvalue weighted by Gasteiger charge is -2.21. The van der Waals surface area contributed by atoms with Crippen molar-refractivity contribution in [1.29, 1.82) is 0 Å². The van der Waals surface area contributed by atoms with Crippen molar-refractivity contribution >= 4 is 33.7 Å². The average Bonchev–Trinajstić information content (AvgIpc) is 3.22. The van der Waals surface area contributed by atoms with E-state index in [9.17, 15) is 45.9 Å². The number of hydrogen-bond acceptors (Lipinski definition) is 9. The van der Waals surface area contributed by atoms with Crippen molar-refractivity contribution in [2.24, 2.45) is 0 Å². The maximum absolute atomic E-state index is 14.9. The molecule has 0 saturated carbocycles. The monoisotopic (exact) mass is 643 g/mol. The lowest BCUT2D eigenvalue weighted by atomic mass is 10.0. The fourth-order valence-corrected chi connectivity index (χ4v) is 5.82. The van der Waals surface area contributed by atoms with E-state index in [1.165, 1.54) is 24.3 Å². The maximum Gasteiger partial charge on any atom is 0.345 e. The highest BCUT2D eigenvalue weighted by Gasteiger charge is 2.40. The molecular formula is C28H32F3N3O9S. The number of phenolic OH excluding ortho intramolecular Hbond substituents is 1. The lowest BCUT2D eigenvalue weighted by Crippen LogP contribution is -2.52. The van der Waals surface area contributed by atoms with Gasteiger partial charge in [-0.2, -0.15) is 8.78 Å². The molecule has 0 spiro atoms. The number of unbranched alkanes of at least 4 members (excludes halogenated alkanes) is 2. The largest absolute Gasteiger partial charge is 0.507 e. The number of aromatic hydroxyl groups is 1. The predicted octanol–water partition coefficient (Wildman–Crippen LogP) is 2.26. The van der Waals surface area contributed by atoms with Crippen molar-refractivity contribution in [2.75, 3.05) is 20.3 Å². The first kappa shape index (κ1) is 34.2. The van der Waals surface area contributed by atoms with Crippen molar-refractivity contribution in [2.45, 2.75) is 56.2 Å². The van der Waals surface area contributed by atoms with E-state index in [1.807, 2.05) is 5.32 Å². The molecule has 2 aromatic carbocycles. The van der Waals surface area contributed by atoms with E-state index in [2.05, 4.69) is 10.1 Å². The zero-order valence-corrected chi connectivity index (χ0v) is 24.6. The van der Waals surface area contributed by atoms with Gasteiger partial charge in [0.25, 0.3) is 5.91 Å². The third kappa shape index (κ3) is 8.84. The van der Waals surface area contributed by atoms with E-state index in [4.69, 9.17) is 4.74 Å². The fourth-order valence-electron chi connectivity index (χ4n) is 4.38. The Labute approximate surface area is 251 Å². The van der Waals surface area contributed by atoms with Crippen LogP contribution in [0.25, 0.3) is 0 Å². The van der Waals surface area contributed by atoms with Crippen LogP contribution in [0.3, 0.4) is 0 Å². The molecule has 3 rings (SSSR count). The van der Waals surface area contributed by atoms with Crippen LogP contribution < -0.4 is 20.1 Å². The lowest BCUT2D eigenvalue weighted by molar-refractivity contribution is -0.145. The number of sulfonamides is 1. The number of benzene rings is 2. The molecular weight excluding hydrogens is 611 g/mol. The van der Waals surface area contributed by atoms with E-state index in [0.29, 0.717) is 26.2 Å². The summed E-state index contributed by atoms with van der Waals surface area (Å²) >= 11 is 0. The molecule has 4 N–H and O–H groups in total. The molecule has 1 fully saturated rings. The van der Waals surface area contributed by atoms with Crippen LogP contribution in [-0.2, 0) is 35.6 Å². The third-order valence-corrected chi connectivity index (χ3v) is 8.33. The average molecular weight is 644 g/mol. The van der Waals surface area contributed by atoms with Crippen molar-refractivity contribution < 1.29 is 55.3 Å². The number of halogens is 3. The Balaban J connectivity index is 1.57. The number of hydrogen-bond donors (Lipinski definition) is 4. The molecule has 2 atom stereocenters. The molecule has 1 aliphatic heterocycles. The smallest absolute Gasteiger partial charge is 0.345 e.